The van der Waals surface area contributed by atoms with Gasteiger partial charge < -0.3 is 11.1 Å². The van der Waals surface area contributed by atoms with Crippen LogP contribution in [0.2, 0.25) is 5.02 Å². The fourth-order valence-electron chi connectivity index (χ4n) is 2.82. The lowest BCUT2D eigenvalue weighted by atomic mass is 10.1. The van der Waals surface area contributed by atoms with E-state index in [9.17, 15) is 35.9 Å². The van der Waals surface area contributed by atoms with Crippen molar-refractivity contribution >= 4 is 50.7 Å². The molecule has 0 aliphatic carbocycles. The van der Waals surface area contributed by atoms with Crippen molar-refractivity contribution in [2.45, 2.75) is 19.3 Å². The van der Waals surface area contributed by atoms with Gasteiger partial charge >= 0.3 is 12.4 Å². The standard InChI is InChI=1S/C16H10ClF6N5O2S/c1-4-3-5(15(18,19)20)25-14-6(4)8(10(31-14)12(24)29)26-13(30)9-7(17)11(16(21,22)23)27-28(9)2/h3H,1-2H3,(H2,24,29)(H,26,30). The zero-order valence-electron chi connectivity index (χ0n) is 15.4. The number of alkyl halides is 6. The molecule has 0 radical (unpaired) electrons. The Morgan fingerprint density at radius 2 is 1.81 bits per heavy atom. The maximum atomic E-state index is 13.0. The Bertz CT molecular complexity index is 1230. The second kappa shape index (κ2) is 7.37. The number of fused-ring (bicyclic) bond motifs is 1. The van der Waals surface area contributed by atoms with Crippen LogP contribution < -0.4 is 11.1 Å². The maximum absolute atomic E-state index is 13.0. The molecule has 0 aliphatic heterocycles. The summed E-state index contributed by atoms with van der Waals surface area (Å²) in [4.78, 5) is 27.4. The highest BCUT2D eigenvalue weighted by Crippen LogP contribution is 2.41. The number of hydrogen-bond donors (Lipinski definition) is 2. The van der Waals surface area contributed by atoms with Crippen molar-refractivity contribution < 1.29 is 35.9 Å². The van der Waals surface area contributed by atoms with E-state index in [1.165, 1.54) is 6.92 Å². The minimum atomic E-state index is -4.94. The number of aromatic nitrogens is 3. The number of nitrogens with two attached hydrogens (primary N) is 1. The molecule has 0 saturated heterocycles. The van der Waals surface area contributed by atoms with Crippen molar-refractivity contribution in [1.29, 1.82) is 0 Å². The molecule has 0 unspecified atom stereocenters. The SMILES string of the molecule is Cc1cc(C(F)(F)F)nc2sc(C(N)=O)c(NC(=O)c3c(Cl)c(C(F)(F)F)nn3C)c12. The predicted molar refractivity (Wildman–Crippen MR) is 99.1 cm³/mol. The molecule has 0 atom stereocenters. The first-order valence-electron chi connectivity index (χ1n) is 8.05. The number of rotatable bonds is 3. The van der Waals surface area contributed by atoms with E-state index in [4.69, 9.17) is 17.3 Å². The van der Waals surface area contributed by atoms with E-state index >= 15 is 0 Å². The monoisotopic (exact) mass is 485 g/mol. The molecule has 3 rings (SSSR count). The predicted octanol–water partition coefficient (Wildman–Crippen LogP) is 4.38. The number of nitrogens with one attached hydrogen (secondary N) is 1. The molecule has 0 fully saturated rings. The first-order valence-corrected chi connectivity index (χ1v) is 9.24. The molecule has 7 nitrogen and oxygen atoms in total. The fraction of sp³-hybridized carbons (Fsp3) is 0.250. The number of primary amides is 1. The molecule has 15 heteroatoms. The zero-order chi connectivity index (χ0) is 23.5. The summed E-state index contributed by atoms with van der Waals surface area (Å²) in [7, 11) is 1.04. The Labute approximate surface area is 177 Å². The van der Waals surface area contributed by atoms with Crippen LogP contribution in [0.5, 0.6) is 0 Å². The van der Waals surface area contributed by atoms with E-state index < -0.39 is 46.3 Å². The molecular weight excluding hydrogens is 476 g/mol. The third-order valence-electron chi connectivity index (χ3n) is 4.08. The van der Waals surface area contributed by atoms with Crippen LogP contribution in [-0.4, -0.2) is 26.6 Å². The molecule has 0 spiro atoms. The largest absolute Gasteiger partial charge is 0.436 e. The minimum Gasteiger partial charge on any atom is -0.365 e. The highest BCUT2D eigenvalue weighted by molar-refractivity contribution is 7.21. The summed E-state index contributed by atoms with van der Waals surface area (Å²) in [6.07, 6.45) is -9.70. The van der Waals surface area contributed by atoms with Crippen molar-refractivity contribution in [2.24, 2.45) is 12.8 Å². The average Bonchev–Trinajstić information content (AvgIpc) is 3.11. The van der Waals surface area contributed by atoms with Crippen LogP contribution in [0.3, 0.4) is 0 Å². The number of thiophene rings is 1. The number of aryl methyl sites for hydroxylation is 2. The van der Waals surface area contributed by atoms with E-state index in [0.29, 0.717) is 22.1 Å². The van der Waals surface area contributed by atoms with Crippen LogP contribution in [0, 0.1) is 6.92 Å². The molecule has 0 saturated carbocycles. The van der Waals surface area contributed by atoms with Crippen LogP contribution in [-0.2, 0) is 19.4 Å². The summed E-state index contributed by atoms with van der Waals surface area (Å²) in [6.45, 7) is 1.28. The van der Waals surface area contributed by atoms with E-state index in [-0.39, 0.29) is 26.3 Å². The van der Waals surface area contributed by atoms with Crippen LogP contribution in [0.1, 0.15) is 37.1 Å². The number of amides is 2. The molecule has 3 aromatic heterocycles. The highest BCUT2D eigenvalue weighted by Gasteiger charge is 2.40. The Balaban J connectivity index is 2.16. The molecule has 2 amide bonds. The van der Waals surface area contributed by atoms with Crippen LogP contribution in [0.4, 0.5) is 32.0 Å². The van der Waals surface area contributed by atoms with Gasteiger partial charge in [-0.3, -0.25) is 14.3 Å². The molecule has 3 N–H and O–H groups in total. The molecule has 31 heavy (non-hydrogen) atoms. The van der Waals surface area contributed by atoms with Crippen LogP contribution in [0.15, 0.2) is 6.07 Å². The van der Waals surface area contributed by atoms with E-state index in [0.717, 1.165) is 7.05 Å². The lowest BCUT2D eigenvalue weighted by molar-refractivity contribution is -0.142. The quantitative estimate of drug-likeness (QED) is 0.537. The second-order valence-electron chi connectivity index (χ2n) is 6.26. The summed E-state index contributed by atoms with van der Waals surface area (Å²) >= 11 is 6.18. The van der Waals surface area contributed by atoms with Gasteiger partial charge in [0.2, 0.25) is 0 Å². The molecule has 3 aromatic rings. The van der Waals surface area contributed by atoms with Crippen LogP contribution >= 0.6 is 22.9 Å². The summed E-state index contributed by atoms with van der Waals surface area (Å²) < 4.78 is 78.7. The number of carbonyl (C=O) groups is 2. The number of carbonyl (C=O) groups excluding carboxylic acids is 2. The lowest BCUT2D eigenvalue weighted by Gasteiger charge is -2.10. The van der Waals surface area contributed by atoms with Gasteiger partial charge in [0.15, 0.2) is 5.69 Å². The third kappa shape index (κ3) is 4.04. The Kier molecular flexibility index (Phi) is 5.42. The number of nitrogens with zero attached hydrogens (tertiary/aromatic N) is 3. The number of halogens is 7. The van der Waals surface area contributed by atoms with E-state index in [1.54, 1.807) is 0 Å². The van der Waals surface area contributed by atoms with Crippen molar-refractivity contribution in [3.8, 4) is 0 Å². The highest BCUT2D eigenvalue weighted by atomic mass is 35.5. The fourth-order valence-corrected chi connectivity index (χ4v) is 4.23. The van der Waals surface area contributed by atoms with Crippen LogP contribution in [0.25, 0.3) is 10.2 Å². The normalized spacial score (nSPS) is 12.4. The van der Waals surface area contributed by atoms with Gasteiger partial charge in [-0.05, 0) is 18.6 Å². The maximum Gasteiger partial charge on any atom is 0.436 e. The molecule has 3 heterocycles. The van der Waals surface area contributed by atoms with Gasteiger partial charge in [0.25, 0.3) is 11.8 Å². The summed E-state index contributed by atoms with van der Waals surface area (Å²) in [5, 5.41) is 4.39. The Morgan fingerprint density at radius 3 is 2.29 bits per heavy atom. The van der Waals surface area contributed by atoms with Gasteiger partial charge in [-0.25, -0.2) is 4.98 Å². The first kappa shape index (κ1) is 22.8. The molecule has 166 valence electrons. The van der Waals surface area contributed by atoms with Crippen molar-refractivity contribution in [3.63, 3.8) is 0 Å². The molecule has 0 aliphatic rings. The van der Waals surface area contributed by atoms with Gasteiger partial charge in [-0.15, -0.1) is 11.3 Å². The topological polar surface area (TPSA) is 103 Å². The van der Waals surface area contributed by atoms with Gasteiger partial charge in [0.1, 0.15) is 26.1 Å². The molecular formula is C16H10ClF6N5O2S. The van der Waals surface area contributed by atoms with Crippen molar-refractivity contribution in [3.05, 3.63) is 38.6 Å². The summed E-state index contributed by atoms with van der Waals surface area (Å²) in [5.41, 5.74) is 1.57. The second-order valence-corrected chi connectivity index (χ2v) is 7.64. The average molecular weight is 486 g/mol. The van der Waals surface area contributed by atoms with Gasteiger partial charge in [0.05, 0.1) is 5.69 Å². The third-order valence-corrected chi connectivity index (χ3v) is 5.54. The van der Waals surface area contributed by atoms with Crippen molar-refractivity contribution in [2.75, 3.05) is 5.32 Å². The smallest absolute Gasteiger partial charge is 0.365 e. The lowest BCUT2D eigenvalue weighted by Crippen LogP contribution is -2.19. The number of anilines is 1. The molecule has 0 aromatic carbocycles. The zero-order valence-corrected chi connectivity index (χ0v) is 16.9. The Hall–Kier alpha value is -2.87. The number of pyridine rings is 1. The summed E-state index contributed by atoms with van der Waals surface area (Å²) in [5.74, 6) is -2.27. The van der Waals surface area contributed by atoms with Gasteiger partial charge in [-0.2, -0.15) is 31.4 Å². The first-order chi connectivity index (χ1) is 14.1. The van der Waals surface area contributed by atoms with E-state index in [1.807, 2.05) is 0 Å². The van der Waals surface area contributed by atoms with E-state index in [2.05, 4.69) is 15.4 Å². The van der Waals surface area contributed by atoms with Crippen molar-refractivity contribution in [1.82, 2.24) is 14.8 Å². The molecule has 0 bridgehead atoms. The summed E-state index contributed by atoms with van der Waals surface area (Å²) in [6, 6.07) is 0.703. The van der Waals surface area contributed by atoms with Gasteiger partial charge in [0, 0.05) is 12.4 Å². The van der Waals surface area contributed by atoms with Gasteiger partial charge in [-0.1, -0.05) is 11.6 Å². The Morgan fingerprint density at radius 1 is 1.19 bits per heavy atom. The number of hydrogen-bond acceptors (Lipinski definition) is 5. The minimum absolute atomic E-state index is 0.00320.